The Balaban J connectivity index is 1.73. The highest BCUT2D eigenvalue weighted by molar-refractivity contribution is 7.90. The molecule has 0 saturated carbocycles. The van der Waals surface area contributed by atoms with Gasteiger partial charge in [0.2, 0.25) is 0 Å². The molecule has 158 valence electrons. The Hall–Kier alpha value is -3.39. The second-order valence-electron chi connectivity index (χ2n) is 7.77. The zero-order valence-corrected chi connectivity index (χ0v) is 17.5. The summed E-state index contributed by atoms with van der Waals surface area (Å²) in [5.41, 5.74) is 2.22. The average Bonchev–Trinajstić information content (AvgIpc) is 2.77. The second kappa shape index (κ2) is 7.39. The van der Waals surface area contributed by atoms with Gasteiger partial charge in [0, 0.05) is 11.3 Å². The van der Waals surface area contributed by atoms with Gasteiger partial charge >= 0.3 is 0 Å². The zero-order chi connectivity index (χ0) is 21.6. The number of rotatable bonds is 3. The molecular formula is C23H21N3O4S. The van der Waals surface area contributed by atoms with E-state index in [-0.39, 0.29) is 22.0 Å². The van der Waals surface area contributed by atoms with Crippen molar-refractivity contribution in [3.05, 3.63) is 87.3 Å². The lowest BCUT2D eigenvalue weighted by Crippen LogP contribution is -2.35. The number of para-hydroxylation sites is 1. The number of amidine groups is 1. The molecule has 0 radical (unpaired) electrons. The van der Waals surface area contributed by atoms with Gasteiger partial charge in [-0.05, 0) is 43.4 Å². The summed E-state index contributed by atoms with van der Waals surface area (Å²) < 4.78 is 31.0. The molecule has 1 aliphatic carbocycles. The van der Waals surface area contributed by atoms with Crippen molar-refractivity contribution >= 4 is 21.5 Å². The Morgan fingerprint density at radius 1 is 1.00 bits per heavy atom. The van der Waals surface area contributed by atoms with Crippen LogP contribution >= 0.6 is 0 Å². The summed E-state index contributed by atoms with van der Waals surface area (Å²) in [5.74, 6) is -0.318. The van der Waals surface area contributed by atoms with Crippen LogP contribution in [0.15, 0.2) is 68.7 Å². The van der Waals surface area contributed by atoms with Crippen LogP contribution in [0.3, 0.4) is 0 Å². The van der Waals surface area contributed by atoms with Crippen molar-refractivity contribution in [1.82, 2.24) is 4.57 Å². The van der Waals surface area contributed by atoms with Crippen molar-refractivity contribution in [2.24, 2.45) is 4.40 Å². The van der Waals surface area contributed by atoms with Gasteiger partial charge in [-0.1, -0.05) is 42.5 Å². The number of hydrogen-bond donors (Lipinski definition) is 2. The molecule has 31 heavy (non-hydrogen) atoms. The molecule has 5 rings (SSSR count). The van der Waals surface area contributed by atoms with E-state index in [9.17, 15) is 18.3 Å². The number of fused-ring (bicyclic) bond motifs is 2. The summed E-state index contributed by atoms with van der Waals surface area (Å²) in [7, 11) is -4.00. The molecule has 2 N–H and O–H groups in total. The Morgan fingerprint density at radius 3 is 2.52 bits per heavy atom. The standard InChI is InChI=1S/C23H21N3O4S/c27-21-16-10-4-6-12-18(16)26(14-15-8-2-1-3-9-15)23(28)20(21)22-24-17-11-5-7-13-19(17)31(29,30)25-22/h1-3,5,7-9,11,13,27H,4,6,10,12,14H2,(H,24,25). The molecule has 8 heteroatoms. The summed E-state index contributed by atoms with van der Waals surface area (Å²) in [6.07, 6.45) is 3.14. The summed E-state index contributed by atoms with van der Waals surface area (Å²) in [5, 5.41) is 14.0. The number of nitrogens with zero attached hydrogens (tertiary/aromatic N) is 2. The van der Waals surface area contributed by atoms with E-state index < -0.39 is 15.6 Å². The molecule has 0 saturated heterocycles. The summed E-state index contributed by atoms with van der Waals surface area (Å²) in [4.78, 5) is 13.6. The van der Waals surface area contributed by atoms with Crippen LogP contribution in [0, 0.1) is 0 Å². The molecule has 0 bridgehead atoms. The van der Waals surface area contributed by atoms with Gasteiger partial charge in [0.05, 0.1) is 12.2 Å². The van der Waals surface area contributed by atoms with Gasteiger partial charge in [0.1, 0.15) is 16.2 Å². The fourth-order valence-electron chi connectivity index (χ4n) is 4.32. The first kappa shape index (κ1) is 19.6. The van der Waals surface area contributed by atoms with Crippen molar-refractivity contribution < 1.29 is 13.5 Å². The molecule has 2 aromatic carbocycles. The van der Waals surface area contributed by atoms with Crippen LogP contribution in [-0.2, 0) is 29.4 Å². The number of aromatic nitrogens is 1. The van der Waals surface area contributed by atoms with E-state index in [0.29, 0.717) is 30.6 Å². The normalized spacial score (nSPS) is 16.6. The van der Waals surface area contributed by atoms with E-state index in [1.165, 1.54) is 6.07 Å². The molecule has 7 nitrogen and oxygen atoms in total. The third-order valence-corrected chi connectivity index (χ3v) is 7.13. The Morgan fingerprint density at radius 2 is 1.71 bits per heavy atom. The van der Waals surface area contributed by atoms with Crippen LogP contribution in [0.1, 0.15) is 35.2 Å². The lowest BCUT2D eigenvalue weighted by molar-refractivity contribution is 0.450. The monoisotopic (exact) mass is 435 g/mol. The lowest BCUT2D eigenvalue weighted by Gasteiger charge is -2.25. The molecule has 0 spiro atoms. The van der Waals surface area contributed by atoms with Crippen LogP contribution in [0.5, 0.6) is 5.75 Å². The first-order chi connectivity index (χ1) is 15.0. The van der Waals surface area contributed by atoms with Crippen molar-refractivity contribution in [1.29, 1.82) is 0 Å². The van der Waals surface area contributed by atoms with Gasteiger partial charge in [-0.2, -0.15) is 8.42 Å². The largest absolute Gasteiger partial charge is 0.507 e. The predicted molar refractivity (Wildman–Crippen MR) is 118 cm³/mol. The van der Waals surface area contributed by atoms with Crippen LogP contribution in [0.2, 0.25) is 0 Å². The van der Waals surface area contributed by atoms with Crippen molar-refractivity contribution in [3.63, 3.8) is 0 Å². The van der Waals surface area contributed by atoms with Crippen molar-refractivity contribution in [3.8, 4) is 5.75 Å². The van der Waals surface area contributed by atoms with Crippen molar-refractivity contribution in [2.75, 3.05) is 5.32 Å². The molecule has 0 atom stereocenters. The molecule has 0 amide bonds. The summed E-state index contributed by atoms with van der Waals surface area (Å²) >= 11 is 0. The molecular weight excluding hydrogens is 414 g/mol. The van der Waals surface area contributed by atoms with E-state index in [0.717, 1.165) is 24.1 Å². The zero-order valence-electron chi connectivity index (χ0n) is 16.7. The van der Waals surface area contributed by atoms with Gasteiger partial charge in [0.15, 0.2) is 5.84 Å². The molecule has 2 heterocycles. The van der Waals surface area contributed by atoms with Crippen LogP contribution in [0.25, 0.3) is 0 Å². The number of benzene rings is 2. The number of nitrogens with one attached hydrogen (secondary N) is 1. The highest BCUT2D eigenvalue weighted by Crippen LogP contribution is 2.34. The maximum absolute atomic E-state index is 13.6. The van der Waals surface area contributed by atoms with Gasteiger partial charge in [-0.25, -0.2) is 0 Å². The fraction of sp³-hybridized carbons (Fsp3) is 0.217. The Labute approximate surface area is 179 Å². The molecule has 2 aliphatic rings. The van der Waals surface area contributed by atoms with E-state index in [2.05, 4.69) is 9.71 Å². The minimum absolute atomic E-state index is 0.0424. The van der Waals surface area contributed by atoms with Gasteiger partial charge in [0.25, 0.3) is 15.6 Å². The highest BCUT2D eigenvalue weighted by atomic mass is 32.2. The van der Waals surface area contributed by atoms with Crippen LogP contribution < -0.4 is 10.9 Å². The first-order valence-corrected chi connectivity index (χ1v) is 11.6. The quantitative estimate of drug-likeness (QED) is 0.659. The molecule has 0 fully saturated rings. The van der Waals surface area contributed by atoms with E-state index in [1.807, 2.05) is 30.3 Å². The van der Waals surface area contributed by atoms with E-state index >= 15 is 0 Å². The number of hydrogen-bond acceptors (Lipinski definition) is 5. The molecule has 1 aromatic heterocycles. The van der Waals surface area contributed by atoms with Crippen molar-refractivity contribution in [2.45, 2.75) is 37.1 Å². The van der Waals surface area contributed by atoms with Crippen LogP contribution in [0.4, 0.5) is 5.69 Å². The maximum Gasteiger partial charge on any atom is 0.286 e. The fourth-order valence-corrected chi connectivity index (χ4v) is 5.44. The minimum Gasteiger partial charge on any atom is -0.507 e. The SMILES string of the molecule is O=c1c(C2=NS(=O)(=O)c3ccccc3N2)c(O)c2c(n1Cc1ccccc1)CCCC2. The number of pyridine rings is 1. The third kappa shape index (κ3) is 3.33. The van der Waals surface area contributed by atoms with E-state index in [1.54, 1.807) is 22.8 Å². The third-order valence-electron chi connectivity index (χ3n) is 5.80. The van der Waals surface area contributed by atoms with Gasteiger partial charge < -0.3 is 15.0 Å². The second-order valence-corrected chi connectivity index (χ2v) is 9.34. The number of sulfonamides is 1. The minimum atomic E-state index is -4.00. The first-order valence-electron chi connectivity index (χ1n) is 10.2. The average molecular weight is 436 g/mol. The maximum atomic E-state index is 13.6. The topological polar surface area (TPSA) is 101 Å². The molecule has 3 aromatic rings. The summed E-state index contributed by atoms with van der Waals surface area (Å²) in [6.45, 7) is 0.339. The number of anilines is 1. The molecule has 0 unspecified atom stereocenters. The lowest BCUT2D eigenvalue weighted by atomic mass is 9.92. The predicted octanol–water partition coefficient (Wildman–Crippen LogP) is 3.04. The van der Waals surface area contributed by atoms with Crippen LogP contribution in [-0.4, -0.2) is 23.9 Å². The van der Waals surface area contributed by atoms with E-state index in [4.69, 9.17) is 0 Å². The van der Waals surface area contributed by atoms with Gasteiger partial charge in [-0.15, -0.1) is 4.40 Å². The van der Waals surface area contributed by atoms with Gasteiger partial charge in [-0.3, -0.25) is 4.79 Å². The summed E-state index contributed by atoms with van der Waals surface area (Å²) in [6, 6.07) is 16.0. The highest BCUT2D eigenvalue weighted by Gasteiger charge is 2.31. The number of aromatic hydroxyl groups is 1. The Kier molecular flexibility index (Phi) is 4.66. The Bertz CT molecular complexity index is 1380. The smallest absolute Gasteiger partial charge is 0.286 e. The molecule has 1 aliphatic heterocycles.